The van der Waals surface area contributed by atoms with Crippen molar-refractivity contribution in [3.63, 3.8) is 0 Å². The first-order chi connectivity index (χ1) is 12.7. The highest BCUT2D eigenvalue weighted by atomic mass is 16.5. The van der Waals surface area contributed by atoms with Gasteiger partial charge >= 0.3 is 6.03 Å². The fourth-order valence-electron chi connectivity index (χ4n) is 3.41. The van der Waals surface area contributed by atoms with Gasteiger partial charge < -0.3 is 24.6 Å². The minimum Gasteiger partial charge on any atom is -0.497 e. The van der Waals surface area contributed by atoms with Crippen molar-refractivity contribution in [1.29, 1.82) is 0 Å². The summed E-state index contributed by atoms with van der Waals surface area (Å²) in [6.07, 6.45) is 3.13. The maximum absolute atomic E-state index is 12.5. The van der Waals surface area contributed by atoms with E-state index in [4.69, 9.17) is 9.47 Å². The van der Waals surface area contributed by atoms with E-state index in [9.17, 15) is 9.59 Å². The van der Waals surface area contributed by atoms with Crippen LogP contribution in [0.4, 0.5) is 10.5 Å². The van der Waals surface area contributed by atoms with Gasteiger partial charge in [-0.05, 0) is 37.3 Å². The lowest BCUT2D eigenvalue weighted by molar-refractivity contribution is -0.120. The molecule has 26 heavy (non-hydrogen) atoms. The number of urea groups is 1. The molecular formula is C19H27N3O4. The van der Waals surface area contributed by atoms with E-state index < -0.39 is 0 Å². The number of ether oxygens (including phenoxy) is 2. The Morgan fingerprint density at radius 1 is 1.38 bits per heavy atom. The quantitative estimate of drug-likeness (QED) is 0.785. The minimum atomic E-state index is -0.161. The van der Waals surface area contributed by atoms with Crippen LogP contribution in [0.25, 0.3) is 0 Å². The van der Waals surface area contributed by atoms with E-state index in [1.807, 2.05) is 24.3 Å². The van der Waals surface area contributed by atoms with E-state index in [1.54, 1.807) is 16.9 Å². The molecule has 1 atom stereocenters. The molecule has 2 aliphatic heterocycles. The summed E-state index contributed by atoms with van der Waals surface area (Å²) in [7, 11) is 1.60. The number of hydrogen-bond donors (Lipinski definition) is 1. The van der Waals surface area contributed by atoms with E-state index in [0.29, 0.717) is 31.3 Å². The highest BCUT2D eigenvalue weighted by Gasteiger charge is 2.28. The fourth-order valence-corrected chi connectivity index (χ4v) is 3.41. The Balaban J connectivity index is 1.43. The second-order valence-corrected chi connectivity index (χ2v) is 6.77. The van der Waals surface area contributed by atoms with Crippen molar-refractivity contribution in [3.8, 4) is 5.75 Å². The van der Waals surface area contributed by atoms with Crippen molar-refractivity contribution < 1.29 is 19.1 Å². The number of methoxy groups -OCH3 is 1. The number of nitrogens with one attached hydrogen (secondary N) is 1. The van der Waals surface area contributed by atoms with Crippen molar-refractivity contribution in [2.24, 2.45) is 5.92 Å². The minimum absolute atomic E-state index is 0.0808. The first-order valence-corrected chi connectivity index (χ1v) is 9.22. The molecule has 0 spiro atoms. The van der Waals surface area contributed by atoms with Crippen molar-refractivity contribution in [2.45, 2.75) is 19.3 Å². The maximum Gasteiger partial charge on any atom is 0.317 e. The van der Waals surface area contributed by atoms with Crippen molar-refractivity contribution >= 4 is 17.6 Å². The molecule has 0 unspecified atom stereocenters. The number of benzene rings is 1. The Labute approximate surface area is 154 Å². The summed E-state index contributed by atoms with van der Waals surface area (Å²) >= 11 is 0. The summed E-state index contributed by atoms with van der Waals surface area (Å²) < 4.78 is 10.6. The van der Waals surface area contributed by atoms with Crippen LogP contribution in [0, 0.1) is 5.92 Å². The second-order valence-electron chi connectivity index (χ2n) is 6.77. The summed E-state index contributed by atoms with van der Waals surface area (Å²) in [4.78, 5) is 28.0. The van der Waals surface area contributed by atoms with Crippen LogP contribution in [0.1, 0.15) is 19.3 Å². The van der Waals surface area contributed by atoms with Crippen molar-refractivity contribution in [2.75, 3.05) is 51.4 Å². The van der Waals surface area contributed by atoms with Crippen LogP contribution < -0.4 is 15.0 Å². The van der Waals surface area contributed by atoms with Crippen molar-refractivity contribution in [1.82, 2.24) is 10.2 Å². The Morgan fingerprint density at radius 2 is 2.27 bits per heavy atom. The summed E-state index contributed by atoms with van der Waals surface area (Å²) in [6, 6.07) is 7.25. The zero-order chi connectivity index (χ0) is 18.4. The standard InChI is InChI=1S/C19H27N3O4/c1-25-17-6-2-5-16(12-17)22-10-9-21(13-18(22)23)19(24)20-8-3-4-15-7-11-26-14-15/h2,5-6,12,15H,3-4,7-11,13-14H2,1H3,(H,20,24)/t15-/m1/s1. The molecule has 2 aliphatic rings. The first kappa shape index (κ1) is 18.5. The van der Waals surface area contributed by atoms with Gasteiger partial charge in [-0.15, -0.1) is 0 Å². The highest BCUT2D eigenvalue weighted by Crippen LogP contribution is 2.22. The van der Waals surface area contributed by atoms with E-state index in [-0.39, 0.29) is 18.5 Å². The van der Waals surface area contributed by atoms with Crippen LogP contribution >= 0.6 is 0 Å². The third-order valence-electron chi connectivity index (χ3n) is 4.96. The third-order valence-corrected chi connectivity index (χ3v) is 4.96. The van der Waals surface area contributed by atoms with E-state index in [2.05, 4.69) is 5.32 Å². The maximum atomic E-state index is 12.5. The third kappa shape index (κ3) is 4.66. The van der Waals surface area contributed by atoms with Gasteiger partial charge in [-0.3, -0.25) is 4.79 Å². The topological polar surface area (TPSA) is 71.1 Å². The molecule has 1 aromatic rings. The number of carbonyl (C=O) groups excluding carboxylic acids is 2. The average molecular weight is 361 g/mol. The van der Waals surface area contributed by atoms with Gasteiger partial charge in [-0.2, -0.15) is 0 Å². The Morgan fingerprint density at radius 3 is 3.00 bits per heavy atom. The smallest absolute Gasteiger partial charge is 0.317 e. The molecule has 2 fully saturated rings. The molecule has 2 saturated heterocycles. The van der Waals surface area contributed by atoms with Gasteiger partial charge in [0.25, 0.3) is 0 Å². The molecule has 3 amide bonds. The number of hydrogen-bond acceptors (Lipinski definition) is 4. The molecule has 1 aromatic carbocycles. The molecule has 1 N–H and O–H groups in total. The molecular weight excluding hydrogens is 334 g/mol. The largest absolute Gasteiger partial charge is 0.497 e. The lowest BCUT2D eigenvalue weighted by Gasteiger charge is -2.34. The fraction of sp³-hybridized carbons (Fsp3) is 0.579. The lowest BCUT2D eigenvalue weighted by Crippen LogP contribution is -2.55. The zero-order valence-electron chi connectivity index (χ0n) is 15.3. The molecule has 142 valence electrons. The van der Waals surface area contributed by atoms with Crippen LogP contribution in [-0.2, 0) is 9.53 Å². The van der Waals surface area contributed by atoms with Crippen LogP contribution in [0.2, 0.25) is 0 Å². The molecule has 7 heteroatoms. The summed E-state index contributed by atoms with van der Waals surface area (Å²) in [5, 5.41) is 2.93. The lowest BCUT2D eigenvalue weighted by atomic mass is 10.0. The molecule has 0 aromatic heterocycles. The van der Waals surface area contributed by atoms with Crippen LogP contribution in [0.5, 0.6) is 5.75 Å². The zero-order valence-corrected chi connectivity index (χ0v) is 15.3. The van der Waals surface area contributed by atoms with Gasteiger partial charge in [-0.25, -0.2) is 4.79 Å². The second kappa shape index (κ2) is 8.89. The van der Waals surface area contributed by atoms with Crippen LogP contribution in [-0.4, -0.2) is 63.3 Å². The molecule has 3 rings (SSSR count). The van der Waals surface area contributed by atoms with E-state index in [0.717, 1.165) is 38.2 Å². The highest BCUT2D eigenvalue weighted by molar-refractivity contribution is 5.97. The number of anilines is 1. The number of rotatable bonds is 6. The molecule has 2 heterocycles. The predicted molar refractivity (Wildman–Crippen MR) is 98.5 cm³/mol. The Hall–Kier alpha value is -2.28. The van der Waals surface area contributed by atoms with E-state index >= 15 is 0 Å². The molecule has 0 bridgehead atoms. The average Bonchev–Trinajstić information content (AvgIpc) is 3.18. The Kier molecular flexibility index (Phi) is 6.33. The summed E-state index contributed by atoms with van der Waals surface area (Å²) in [5.41, 5.74) is 0.799. The molecule has 0 saturated carbocycles. The normalized spacial score (nSPS) is 20.3. The number of piperazine rings is 1. The van der Waals surface area contributed by atoms with Crippen LogP contribution in [0.15, 0.2) is 24.3 Å². The number of nitrogens with zero attached hydrogens (tertiary/aromatic N) is 2. The SMILES string of the molecule is COc1cccc(N2CCN(C(=O)NCCC[C@@H]3CCOC3)CC2=O)c1. The summed E-state index contributed by atoms with van der Waals surface area (Å²) in [5.74, 6) is 1.26. The first-order valence-electron chi connectivity index (χ1n) is 9.22. The van der Waals surface area contributed by atoms with Gasteiger partial charge in [0, 0.05) is 44.6 Å². The van der Waals surface area contributed by atoms with Gasteiger partial charge in [-0.1, -0.05) is 6.07 Å². The summed E-state index contributed by atoms with van der Waals surface area (Å²) in [6.45, 7) is 3.44. The monoisotopic (exact) mass is 361 g/mol. The number of carbonyl (C=O) groups is 2. The van der Waals surface area contributed by atoms with Gasteiger partial charge in [0.2, 0.25) is 5.91 Å². The van der Waals surface area contributed by atoms with Gasteiger partial charge in [0.05, 0.1) is 7.11 Å². The van der Waals surface area contributed by atoms with Gasteiger partial charge in [0.1, 0.15) is 12.3 Å². The molecule has 7 nitrogen and oxygen atoms in total. The van der Waals surface area contributed by atoms with E-state index in [1.165, 1.54) is 0 Å². The van der Waals surface area contributed by atoms with Crippen LogP contribution in [0.3, 0.4) is 0 Å². The predicted octanol–water partition coefficient (Wildman–Crippen LogP) is 1.87. The Bertz CT molecular complexity index is 631. The molecule has 0 aliphatic carbocycles. The van der Waals surface area contributed by atoms with Gasteiger partial charge in [0.15, 0.2) is 0 Å². The van der Waals surface area contributed by atoms with Crippen molar-refractivity contribution in [3.05, 3.63) is 24.3 Å². The number of amides is 3. The molecule has 0 radical (unpaired) electrons.